The molecule has 0 saturated heterocycles. The molecular weight excluding hydrogens is 132 g/mol. The monoisotopic (exact) mass is 150 g/mol. The van der Waals surface area contributed by atoms with Gasteiger partial charge in [-0.15, -0.1) is 0 Å². The van der Waals surface area contributed by atoms with Gasteiger partial charge in [0.1, 0.15) is 0 Å². The van der Waals surface area contributed by atoms with Crippen molar-refractivity contribution in [2.45, 2.75) is 33.6 Å². The zero-order chi connectivity index (χ0) is 8.27. The molecule has 0 bridgehead atoms. The predicted octanol–water partition coefficient (Wildman–Crippen LogP) is 3.55. The molecule has 1 aliphatic rings. The summed E-state index contributed by atoms with van der Waals surface area (Å²) in [4.78, 5) is 0. The Morgan fingerprint density at radius 2 is 2.18 bits per heavy atom. The van der Waals surface area contributed by atoms with Gasteiger partial charge in [-0.05, 0) is 24.7 Å². The van der Waals surface area contributed by atoms with Crippen molar-refractivity contribution >= 4 is 0 Å². The van der Waals surface area contributed by atoms with E-state index in [4.69, 9.17) is 0 Å². The molecule has 0 amide bonds. The van der Waals surface area contributed by atoms with Gasteiger partial charge < -0.3 is 0 Å². The number of hydrogen-bond acceptors (Lipinski definition) is 0. The van der Waals surface area contributed by atoms with Crippen LogP contribution in [0.1, 0.15) is 33.6 Å². The molecule has 0 radical (unpaired) electrons. The van der Waals surface area contributed by atoms with Crippen molar-refractivity contribution in [2.75, 3.05) is 0 Å². The third-order valence-corrected chi connectivity index (χ3v) is 2.14. The van der Waals surface area contributed by atoms with E-state index in [0.29, 0.717) is 0 Å². The highest BCUT2D eigenvalue weighted by Crippen LogP contribution is 2.23. The van der Waals surface area contributed by atoms with E-state index in [0.717, 1.165) is 11.8 Å². The van der Waals surface area contributed by atoms with Gasteiger partial charge in [0.2, 0.25) is 0 Å². The first kappa shape index (κ1) is 8.58. The van der Waals surface area contributed by atoms with Crippen molar-refractivity contribution in [2.24, 2.45) is 11.8 Å². The second kappa shape index (κ2) is 3.75. The summed E-state index contributed by atoms with van der Waals surface area (Å²) >= 11 is 0. The molecule has 62 valence electrons. The van der Waals surface area contributed by atoms with E-state index in [2.05, 4.69) is 39.0 Å². The van der Waals surface area contributed by atoms with Crippen LogP contribution in [0, 0.1) is 11.8 Å². The molecule has 11 heavy (non-hydrogen) atoms. The lowest BCUT2D eigenvalue weighted by atomic mass is 9.98. The predicted molar refractivity (Wildman–Crippen MR) is 50.5 cm³/mol. The molecule has 0 aromatic carbocycles. The molecule has 0 N–H and O–H groups in total. The van der Waals surface area contributed by atoms with Crippen LogP contribution in [0.15, 0.2) is 23.8 Å². The van der Waals surface area contributed by atoms with E-state index in [1.54, 1.807) is 0 Å². The maximum absolute atomic E-state index is 2.40. The first-order chi connectivity index (χ1) is 5.22. The molecule has 1 rings (SSSR count). The van der Waals surface area contributed by atoms with Crippen LogP contribution in [0.3, 0.4) is 0 Å². The highest BCUT2D eigenvalue weighted by Gasteiger charge is 2.09. The Labute approximate surface area is 70.0 Å². The van der Waals surface area contributed by atoms with E-state index in [1.807, 2.05) is 0 Å². The van der Waals surface area contributed by atoms with Crippen molar-refractivity contribution in [1.29, 1.82) is 0 Å². The molecular formula is C11H18. The minimum absolute atomic E-state index is 0.727. The first-order valence-corrected chi connectivity index (χ1v) is 4.61. The van der Waals surface area contributed by atoms with E-state index >= 15 is 0 Å². The fraction of sp³-hybridized carbons (Fsp3) is 0.636. The summed E-state index contributed by atoms with van der Waals surface area (Å²) in [6, 6.07) is 0. The van der Waals surface area contributed by atoms with E-state index in [1.165, 1.54) is 18.4 Å². The van der Waals surface area contributed by atoms with Crippen molar-refractivity contribution in [3.63, 3.8) is 0 Å². The fourth-order valence-corrected chi connectivity index (χ4v) is 1.56. The SMILES string of the molecule is CCC1=CC(CC(C)C)C=C1. The third-order valence-electron chi connectivity index (χ3n) is 2.14. The molecule has 0 aromatic rings. The molecule has 0 fully saturated rings. The van der Waals surface area contributed by atoms with Crippen LogP contribution in [0.2, 0.25) is 0 Å². The van der Waals surface area contributed by atoms with Crippen LogP contribution in [-0.2, 0) is 0 Å². The summed E-state index contributed by atoms with van der Waals surface area (Å²) in [6.45, 7) is 6.78. The molecule has 1 aliphatic carbocycles. The lowest BCUT2D eigenvalue weighted by Gasteiger charge is -2.07. The van der Waals surface area contributed by atoms with Gasteiger partial charge in [0, 0.05) is 0 Å². The van der Waals surface area contributed by atoms with E-state index in [9.17, 15) is 0 Å². The summed E-state index contributed by atoms with van der Waals surface area (Å²) < 4.78 is 0. The highest BCUT2D eigenvalue weighted by atomic mass is 14.1. The smallest absolute Gasteiger partial charge is 0.00420 e. The van der Waals surface area contributed by atoms with Crippen LogP contribution in [0.5, 0.6) is 0 Å². The van der Waals surface area contributed by atoms with Gasteiger partial charge in [0.25, 0.3) is 0 Å². The average Bonchev–Trinajstić information content (AvgIpc) is 2.34. The Kier molecular flexibility index (Phi) is 2.92. The molecule has 0 spiro atoms. The Morgan fingerprint density at radius 1 is 1.45 bits per heavy atom. The summed E-state index contributed by atoms with van der Waals surface area (Å²) in [5.74, 6) is 1.54. The minimum atomic E-state index is 0.727. The molecule has 0 heteroatoms. The van der Waals surface area contributed by atoms with Crippen LogP contribution in [0.4, 0.5) is 0 Å². The van der Waals surface area contributed by atoms with Gasteiger partial charge in [-0.2, -0.15) is 0 Å². The normalized spacial score (nSPS) is 22.9. The highest BCUT2D eigenvalue weighted by molar-refractivity contribution is 5.28. The zero-order valence-electron chi connectivity index (χ0n) is 7.80. The molecule has 0 heterocycles. The number of rotatable bonds is 3. The van der Waals surface area contributed by atoms with Crippen LogP contribution in [-0.4, -0.2) is 0 Å². The fourth-order valence-electron chi connectivity index (χ4n) is 1.56. The average molecular weight is 150 g/mol. The zero-order valence-corrected chi connectivity index (χ0v) is 7.80. The first-order valence-electron chi connectivity index (χ1n) is 4.61. The minimum Gasteiger partial charge on any atom is -0.0773 e. The number of allylic oxidation sites excluding steroid dienone is 4. The third kappa shape index (κ3) is 2.53. The Balaban J connectivity index is 2.41. The van der Waals surface area contributed by atoms with Crippen molar-refractivity contribution < 1.29 is 0 Å². The standard InChI is InChI=1S/C11H18/c1-4-10-5-6-11(8-10)7-9(2)3/h5-6,8-9,11H,4,7H2,1-3H3. The Hall–Kier alpha value is -0.520. The quantitative estimate of drug-likeness (QED) is 0.577. The maximum Gasteiger partial charge on any atom is -0.00420 e. The molecule has 1 atom stereocenters. The molecule has 1 unspecified atom stereocenters. The second-order valence-electron chi connectivity index (χ2n) is 3.75. The van der Waals surface area contributed by atoms with Crippen molar-refractivity contribution in [3.05, 3.63) is 23.8 Å². The summed E-state index contributed by atoms with van der Waals surface area (Å²) in [5.41, 5.74) is 1.51. The summed E-state index contributed by atoms with van der Waals surface area (Å²) in [5, 5.41) is 0. The lowest BCUT2D eigenvalue weighted by Crippen LogP contribution is -1.95. The number of hydrogen-bond donors (Lipinski definition) is 0. The van der Waals surface area contributed by atoms with Crippen molar-refractivity contribution in [1.82, 2.24) is 0 Å². The lowest BCUT2D eigenvalue weighted by molar-refractivity contribution is 0.535. The van der Waals surface area contributed by atoms with E-state index < -0.39 is 0 Å². The van der Waals surface area contributed by atoms with Crippen LogP contribution < -0.4 is 0 Å². The van der Waals surface area contributed by atoms with Gasteiger partial charge >= 0.3 is 0 Å². The Morgan fingerprint density at radius 3 is 2.64 bits per heavy atom. The van der Waals surface area contributed by atoms with Crippen molar-refractivity contribution in [3.8, 4) is 0 Å². The van der Waals surface area contributed by atoms with Crippen LogP contribution in [0.25, 0.3) is 0 Å². The largest absolute Gasteiger partial charge is 0.0773 e. The summed E-state index contributed by atoms with van der Waals surface area (Å²) in [6.07, 6.45) is 9.50. The van der Waals surface area contributed by atoms with Gasteiger partial charge in [0.15, 0.2) is 0 Å². The van der Waals surface area contributed by atoms with Gasteiger partial charge in [-0.25, -0.2) is 0 Å². The van der Waals surface area contributed by atoms with Gasteiger partial charge in [-0.3, -0.25) is 0 Å². The van der Waals surface area contributed by atoms with E-state index in [-0.39, 0.29) is 0 Å². The van der Waals surface area contributed by atoms with Gasteiger partial charge in [0.05, 0.1) is 0 Å². The Bertz CT molecular complexity index is 172. The summed E-state index contributed by atoms with van der Waals surface area (Å²) in [7, 11) is 0. The molecule has 0 aromatic heterocycles. The second-order valence-corrected chi connectivity index (χ2v) is 3.75. The van der Waals surface area contributed by atoms with Gasteiger partial charge in [-0.1, -0.05) is 44.6 Å². The molecule has 0 nitrogen and oxygen atoms in total. The molecule has 0 aliphatic heterocycles. The topological polar surface area (TPSA) is 0 Å². The van der Waals surface area contributed by atoms with Crippen LogP contribution >= 0.6 is 0 Å². The molecule has 0 saturated carbocycles. The maximum atomic E-state index is 2.40.